The first-order valence-electron chi connectivity index (χ1n) is 7.29. The van der Waals surface area contributed by atoms with E-state index in [9.17, 15) is 9.59 Å². The van der Waals surface area contributed by atoms with Crippen LogP contribution in [0, 0.1) is 0 Å². The van der Waals surface area contributed by atoms with Crippen LogP contribution in [0.1, 0.15) is 23.7 Å². The zero-order valence-corrected chi connectivity index (χ0v) is 13.2. The number of carbonyl (C=O) groups is 2. The van der Waals surface area contributed by atoms with Gasteiger partial charge in [0.2, 0.25) is 5.91 Å². The van der Waals surface area contributed by atoms with Gasteiger partial charge >= 0.3 is 0 Å². The van der Waals surface area contributed by atoms with E-state index in [0.29, 0.717) is 17.1 Å². The summed E-state index contributed by atoms with van der Waals surface area (Å²) >= 11 is 5.78. The fraction of sp³-hybridized carbons (Fsp3) is 0.375. The molecule has 1 heterocycles. The normalized spacial score (nSPS) is 15.6. The first-order chi connectivity index (χ1) is 10.6. The molecule has 1 atom stereocenters. The van der Waals surface area contributed by atoms with Crippen molar-refractivity contribution in [2.24, 2.45) is 0 Å². The minimum atomic E-state index is -0.592. The maximum absolute atomic E-state index is 12.0. The number of amides is 2. The maximum atomic E-state index is 12.0. The van der Waals surface area contributed by atoms with E-state index in [4.69, 9.17) is 11.6 Å². The third-order valence-electron chi connectivity index (χ3n) is 3.49. The molecule has 0 aromatic heterocycles. The molecule has 22 heavy (non-hydrogen) atoms. The molecule has 1 unspecified atom stereocenters. The molecule has 1 aromatic carbocycles. The number of halogens is 1. The quantitative estimate of drug-likeness (QED) is 0.720. The van der Waals surface area contributed by atoms with Crippen molar-refractivity contribution in [2.45, 2.75) is 19.4 Å². The first-order valence-corrected chi connectivity index (χ1v) is 7.67. The Kier molecular flexibility index (Phi) is 5.98. The second-order valence-corrected chi connectivity index (χ2v) is 5.67. The van der Waals surface area contributed by atoms with Gasteiger partial charge in [-0.25, -0.2) is 0 Å². The van der Waals surface area contributed by atoms with E-state index < -0.39 is 6.04 Å². The van der Waals surface area contributed by atoms with Gasteiger partial charge in [-0.1, -0.05) is 23.3 Å². The van der Waals surface area contributed by atoms with Crippen molar-refractivity contribution in [1.82, 2.24) is 16.0 Å². The van der Waals surface area contributed by atoms with E-state index in [1.54, 1.807) is 31.2 Å². The van der Waals surface area contributed by atoms with Gasteiger partial charge in [-0.05, 0) is 44.2 Å². The van der Waals surface area contributed by atoms with E-state index in [-0.39, 0.29) is 11.8 Å². The number of nitrogens with one attached hydrogen (secondary N) is 3. The predicted octanol–water partition coefficient (Wildman–Crippen LogP) is 1.49. The molecule has 3 N–H and O–H groups in total. The van der Waals surface area contributed by atoms with Crippen LogP contribution >= 0.6 is 11.6 Å². The van der Waals surface area contributed by atoms with Gasteiger partial charge in [-0.15, -0.1) is 0 Å². The molecule has 1 aliphatic rings. The average molecular weight is 322 g/mol. The highest BCUT2D eigenvalue weighted by Gasteiger charge is 2.16. The second-order valence-electron chi connectivity index (χ2n) is 5.24. The van der Waals surface area contributed by atoms with Gasteiger partial charge in [0, 0.05) is 23.7 Å². The Balaban J connectivity index is 1.81. The molecule has 2 rings (SSSR count). The Labute approximate surface area is 135 Å². The van der Waals surface area contributed by atoms with Crippen molar-refractivity contribution in [3.8, 4) is 0 Å². The molecule has 118 valence electrons. The van der Waals surface area contributed by atoms with Gasteiger partial charge < -0.3 is 16.0 Å². The summed E-state index contributed by atoms with van der Waals surface area (Å²) in [4.78, 5) is 24.0. The van der Waals surface area contributed by atoms with Gasteiger partial charge in [0.25, 0.3) is 5.91 Å². The van der Waals surface area contributed by atoms with Gasteiger partial charge in [-0.3, -0.25) is 9.59 Å². The highest BCUT2D eigenvalue weighted by molar-refractivity contribution is 6.30. The van der Waals surface area contributed by atoms with Crippen LogP contribution in [-0.4, -0.2) is 37.5 Å². The fourth-order valence-corrected chi connectivity index (χ4v) is 2.26. The standard InChI is InChI=1S/C16H20ClN3O2/c1-11(15(21)19-10-12-6-8-18-9-7-12)20-16(22)13-2-4-14(17)5-3-13/h2-6,11,18H,7-10H2,1H3,(H,19,21)(H,20,22). The third kappa shape index (κ3) is 4.86. The molecule has 5 nitrogen and oxygen atoms in total. The summed E-state index contributed by atoms with van der Waals surface area (Å²) in [5.74, 6) is -0.484. The number of benzene rings is 1. The Morgan fingerprint density at radius 3 is 2.68 bits per heavy atom. The zero-order valence-electron chi connectivity index (χ0n) is 12.5. The van der Waals surface area contributed by atoms with Crippen LogP contribution in [0.3, 0.4) is 0 Å². The fourth-order valence-electron chi connectivity index (χ4n) is 2.13. The van der Waals surface area contributed by atoms with Crippen molar-refractivity contribution >= 4 is 23.4 Å². The number of carbonyl (C=O) groups excluding carboxylic acids is 2. The lowest BCUT2D eigenvalue weighted by Gasteiger charge is -2.17. The van der Waals surface area contributed by atoms with Gasteiger partial charge in [-0.2, -0.15) is 0 Å². The molecule has 0 aliphatic carbocycles. The third-order valence-corrected chi connectivity index (χ3v) is 3.75. The first kappa shape index (κ1) is 16.5. The van der Waals surface area contributed by atoms with Crippen LogP contribution in [0.2, 0.25) is 5.02 Å². The minimum absolute atomic E-state index is 0.193. The van der Waals surface area contributed by atoms with Crippen LogP contribution in [0.15, 0.2) is 35.9 Å². The predicted molar refractivity (Wildman–Crippen MR) is 87.0 cm³/mol. The lowest BCUT2D eigenvalue weighted by Crippen LogP contribution is -2.45. The summed E-state index contributed by atoms with van der Waals surface area (Å²) in [6, 6.07) is 5.95. The Bertz CT molecular complexity index is 569. The summed E-state index contributed by atoms with van der Waals surface area (Å²) in [5.41, 5.74) is 1.69. The van der Waals surface area contributed by atoms with Crippen LogP contribution in [0.25, 0.3) is 0 Å². The van der Waals surface area contributed by atoms with E-state index in [1.807, 2.05) is 0 Å². The smallest absolute Gasteiger partial charge is 0.251 e. The summed E-state index contributed by atoms with van der Waals surface area (Å²) in [5, 5.41) is 9.31. The minimum Gasteiger partial charge on any atom is -0.351 e. The topological polar surface area (TPSA) is 70.2 Å². The largest absolute Gasteiger partial charge is 0.351 e. The Morgan fingerprint density at radius 2 is 2.05 bits per heavy atom. The van der Waals surface area contributed by atoms with Gasteiger partial charge in [0.1, 0.15) is 6.04 Å². The van der Waals surface area contributed by atoms with Crippen LogP contribution in [0.4, 0.5) is 0 Å². The highest BCUT2D eigenvalue weighted by Crippen LogP contribution is 2.09. The van der Waals surface area contributed by atoms with E-state index in [0.717, 1.165) is 19.5 Å². The monoisotopic (exact) mass is 321 g/mol. The Morgan fingerprint density at radius 1 is 1.32 bits per heavy atom. The molecular weight excluding hydrogens is 302 g/mol. The van der Waals surface area contributed by atoms with Crippen LogP contribution in [0.5, 0.6) is 0 Å². The molecule has 0 bridgehead atoms. The summed E-state index contributed by atoms with van der Waals surface area (Å²) in [7, 11) is 0. The SMILES string of the molecule is CC(NC(=O)c1ccc(Cl)cc1)C(=O)NCC1=CCNCC1. The Hall–Kier alpha value is -1.85. The van der Waals surface area contributed by atoms with Crippen molar-refractivity contribution in [2.75, 3.05) is 19.6 Å². The number of hydrogen-bond acceptors (Lipinski definition) is 3. The molecular formula is C16H20ClN3O2. The van der Waals surface area contributed by atoms with Crippen molar-refractivity contribution in [1.29, 1.82) is 0 Å². The average Bonchev–Trinajstić information content (AvgIpc) is 2.54. The van der Waals surface area contributed by atoms with Crippen molar-refractivity contribution in [3.63, 3.8) is 0 Å². The van der Waals surface area contributed by atoms with Gasteiger partial charge in [0.15, 0.2) is 0 Å². The highest BCUT2D eigenvalue weighted by atomic mass is 35.5. The number of rotatable bonds is 5. The van der Waals surface area contributed by atoms with Crippen molar-refractivity contribution < 1.29 is 9.59 Å². The maximum Gasteiger partial charge on any atom is 0.251 e. The zero-order chi connectivity index (χ0) is 15.9. The van der Waals surface area contributed by atoms with Crippen LogP contribution < -0.4 is 16.0 Å². The molecule has 2 amide bonds. The van der Waals surface area contributed by atoms with E-state index in [2.05, 4.69) is 22.0 Å². The molecule has 1 aromatic rings. The molecule has 0 saturated heterocycles. The molecule has 0 radical (unpaired) electrons. The molecule has 1 aliphatic heterocycles. The summed E-state index contributed by atoms with van der Waals surface area (Å²) in [6.07, 6.45) is 3.02. The molecule has 0 saturated carbocycles. The van der Waals surface area contributed by atoms with E-state index >= 15 is 0 Å². The van der Waals surface area contributed by atoms with Gasteiger partial charge in [0.05, 0.1) is 0 Å². The van der Waals surface area contributed by atoms with Crippen LogP contribution in [-0.2, 0) is 4.79 Å². The molecule has 0 spiro atoms. The lowest BCUT2D eigenvalue weighted by atomic mass is 10.1. The summed E-state index contributed by atoms with van der Waals surface area (Å²) in [6.45, 7) is 3.97. The lowest BCUT2D eigenvalue weighted by molar-refractivity contribution is -0.122. The second kappa shape index (κ2) is 7.96. The molecule has 6 heteroatoms. The van der Waals surface area contributed by atoms with Crippen molar-refractivity contribution in [3.05, 3.63) is 46.5 Å². The number of hydrogen-bond donors (Lipinski definition) is 3. The summed E-state index contributed by atoms with van der Waals surface area (Å²) < 4.78 is 0. The molecule has 0 fully saturated rings. The van der Waals surface area contributed by atoms with E-state index in [1.165, 1.54) is 5.57 Å².